The summed E-state index contributed by atoms with van der Waals surface area (Å²) in [7, 11) is 0. The van der Waals surface area contributed by atoms with E-state index in [1.54, 1.807) is 12.1 Å². The Morgan fingerprint density at radius 2 is 1.67 bits per heavy atom. The fourth-order valence-corrected chi connectivity index (χ4v) is 3.16. The van der Waals surface area contributed by atoms with Gasteiger partial charge in [-0.15, -0.1) is 0 Å². The van der Waals surface area contributed by atoms with Crippen molar-refractivity contribution in [1.82, 2.24) is 0 Å². The maximum atomic E-state index is 12.5. The molecule has 0 aliphatic carbocycles. The van der Waals surface area contributed by atoms with E-state index in [9.17, 15) is 13.2 Å². The standard InChI is InChI=1S/C16H13Br2F3/c17-10-13(12-2-1-3-15(18)9-12)8-11-4-6-14(7-5-11)16(19,20)21/h1-7,9,13H,8,10H2. The molecule has 21 heavy (non-hydrogen) atoms. The van der Waals surface area contributed by atoms with Gasteiger partial charge in [-0.05, 0) is 47.7 Å². The number of halogens is 5. The van der Waals surface area contributed by atoms with E-state index in [1.807, 2.05) is 24.3 Å². The molecule has 2 rings (SSSR count). The van der Waals surface area contributed by atoms with Crippen molar-refractivity contribution in [2.45, 2.75) is 18.5 Å². The third-order valence-electron chi connectivity index (χ3n) is 3.27. The molecule has 0 fully saturated rings. The fraction of sp³-hybridized carbons (Fsp3) is 0.250. The van der Waals surface area contributed by atoms with Crippen LogP contribution in [0.5, 0.6) is 0 Å². The maximum absolute atomic E-state index is 12.5. The molecule has 2 aromatic carbocycles. The van der Waals surface area contributed by atoms with Crippen LogP contribution in [0, 0.1) is 0 Å². The van der Waals surface area contributed by atoms with Crippen LogP contribution in [0.15, 0.2) is 53.0 Å². The van der Waals surface area contributed by atoms with Gasteiger partial charge in [0.1, 0.15) is 0 Å². The molecule has 0 nitrogen and oxygen atoms in total. The van der Waals surface area contributed by atoms with Crippen molar-refractivity contribution in [2.75, 3.05) is 5.33 Å². The Bertz CT molecular complexity index is 591. The van der Waals surface area contributed by atoms with Crippen LogP contribution < -0.4 is 0 Å². The van der Waals surface area contributed by atoms with E-state index in [0.29, 0.717) is 6.42 Å². The molecular formula is C16H13Br2F3. The molecule has 2 aromatic rings. The van der Waals surface area contributed by atoms with E-state index >= 15 is 0 Å². The largest absolute Gasteiger partial charge is 0.416 e. The molecule has 0 aliphatic rings. The second kappa shape index (κ2) is 6.97. The molecule has 0 spiro atoms. The minimum Gasteiger partial charge on any atom is -0.166 e. The quantitative estimate of drug-likeness (QED) is 0.516. The normalized spacial score (nSPS) is 13.2. The Balaban J connectivity index is 2.15. The molecule has 1 atom stereocenters. The second-order valence-electron chi connectivity index (χ2n) is 4.81. The highest BCUT2D eigenvalue weighted by atomic mass is 79.9. The predicted octanol–water partition coefficient (Wildman–Crippen LogP) is 6.19. The first-order valence-corrected chi connectivity index (χ1v) is 8.29. The van der Waals surface area contributed by atoms with Crippen LogP contribution >= 0.6 is 31.9 Å². The average Bonchev–Trinajstić information content (AvgIpc) is 2.44. The monoisotopic (exact) mass is 420 g/mol. The van der Waals surface area contributed by atoms with Crippen molar-refractivity contribution in [3.63, 3.8) is 0 Å². The Hall–Kier alpha value is -0.810. The lowest BCUT2D eigenvalue weighted by Crippen LogP contribution is -2.07. The van der Waals surface area contributed by atoms with Gasteiger partial charge in [0.15, 0.2) is 0 Å². The Labute approximate surface area is 138 Å². The van der Waals surface area contributed by atoms with Gasteiger partial charge in [0.25, 0.3) is 0 Å². The summed E-state index contributed by atoms with van der Waals surface area (Å²) in [5.74, 6) is 0.222. The first-order chi connectivity index (χ1) is 9.90. The zero-order valence-corrected chi connectivity index (χ0v) is 14.2. The first kappa shape index (κ1) is 16.6. The summed E-state index contributed by atoms with van der Waals surface area (Å²) in [4.78, 5) is 0. The van der Waals surface area contributed by atoms with Crippen LogP contribution in [-0.4, -0.2) is 5.33 Å². The summed E-state index contributed by atoms with van der Waals surface area (Å²) in [5, 5.41) is 0.754. The van der Waals surface area contributed by atoms with Crippen LogP contribution in [-0.2, 0) is 12.6 Å². The number of rotatable bonds is 4. The van der Waals surface area contributed by atoms with Gasteiger partial charge in [0, 0.05) is 9.80 Å². The number of alkyl halides is 4. The molecule has 0 radical (unpaired) electrons. The molecule has 1 unspecified atom stereocenters. The molecule has 0 heterocycles. The van der Waals surface area contributed by atoms with Crippen molar-refractivity contribution in [1.29, 1.82) is 0 Å². The van der Waals surface area contributed by atoms with Crippen molar-refractivity contribution in [3.8, 4) is 0 Å². The average molecular weight is 422 g/mol. The van der Waals surface area contributed by atoms with Gasteiger partial charge in [-0.1, -0.05) is 56.1 Å². The SMILES string of the molecule is FC(F)(F)c1ccc(CC(CBr)c2cccc(Br)c2)cc1. The Kier molecular flexibility index (Phi) is 5.49. The van der Waals surface area contributed by atoms with Gasteiger partial charge < -0.3 is 0 Å². The van der Waals surface area contributed by atoms with Crippen LogP contribution in [0.1, 0.15) is 22.6 Å². The van der Waals surface area contributed by atoms with Crippen LogP contribution in [0.3, 0.4) is 0 Å². The highest BCUT2D eigenvalue weighted by molar-refractivity contribution is 9.10. The third kappa shape index (κ3) is 4.58. The third-order valence-corrected chi connectivity index (χ3v) is 4.54. The summed E-state index contributed by atoms with van der Waals surface area (Å²) in [5.41, 5.74) is 1.44. The van der Waals surface area contributed by atoms with Gasteiger partial charge >= 0.3 is 6.18 Å². The minimum atomic E-state index is -4.28. The van der Waals surface area contributed by atoms with E-state index in [-0.39, 0.29) is 5.92 Å². The summed E-state index contributed by atoms with van der Waals surface area (Å²) >= 11 is 6.92. The van der Waals surface area contributed by atoms with Gasteiger partial charge in [-0.3, -0.25) is 0 Å². The topological polar surface area (TPSA) is 0 Å². The summed E-state index contributed by atoms with van der Waals surface area (Å²) in [6.45, 7) is 0. The van der Waals surface area contributed by atoms with Crippen LogP contribution in [0.2, 0.25) is 0 Å². The first-order valence-electron chi connectivity index (χ1n) is 6.37. The Morgan fingerprint density at radius 3 is 2.19 bits per heavy atom. The molecule has 0 bridgehead atoms. The summed E-state index contributed by atoms with van der Waals surface area (Å²) in [6.07, 6.45) is -3.59. The molecular weight excluding hydrogens is 409 g/mol. The summed E-state index contributed by atoms with van der Waals surface area (Å²) < 4.78 is 38.6. The van der Waals surface area contributed by atoms with Gasteiger partial charge in [-0.2, -0.15) is 13.2 Å². The summed E-state index contributed by atoms with van der Waals surface area (Å²) in [6, 6.07) is 13.4. The van der Waals surface area contributed by atoms with Crippen molar-refractivity contribution >= 4 is 31.9 Å². The van der Waals surface area contributed by atoms with Crippen LogP contribution in [0.25, 0.3) is 0 Å². The molecule has 0 amide bonds. The molecule has 0 aromatic heterocycles. The smallest absolute Gasteiger partial charge is 0.166 e. The highest BCUT2D eigenvalue weighted by Crippen LogP contribution is 2.30. The Morgan fingerprint density at radius 1 is 1.00 bits per heavy atom. The molecule has 0 saturated heterocycles. The van der Waals surface area contributed by atoms with E-state index in [1.165, 1.54) is 0 Å². The van der Waals surface area contributed by atoms with E-state index in [0.717, 1.165) is 33.1 Å². The predicted molar refractivity (Wildman–Crippen MR) is 85.8 cm³/mol. The van der Waals surface area contributed by atoms with Gasteiger partial charge in [0.05, 0.1) is 5.56 Å². The second-order valence-corrected chi connectivity index (χ2v) is 6.37. The van der Waals surface area contributed by atoms with E-state index in [2.05, 4.69) is 31.9 Å². The minimum absolute atomic E-state index is 0.222. The van der Waals surface area contributed by atoms with Crippen molar-refractivity contribution < 1.29 is 13.2 Å². The number of hydrogen-bond donors (Lipinski definition) is 0. The zero-order chi connectivity index (χ0) is 15.5. The van der Waals surface area contributed by atoms with Crippen molar-refractivity contribution in [3.05, 3.63) is 69.7 Å². The molecule has 0 saturated carbocycles. The molecule has 0 N–H and O–H groups in total. The molecule has 112 valence electrons. The fourth-order valence-electron chi connectivity index (χ4n) is 2.14. The highest BCUT2D eigenvalue weighted by Gasteiger charge is 2.30. The van der Waals surface area contributed by atoms with E-state index < -0.39 is 11.7 Å². The lowest BCUT2D eigenvalue weighted by Gasteiger charge is -2.15. The molecule has 5 heteroatoms. The van der Waals surface area contributed by atoms with Gasteiger partial charge in [0.2, 0.25) is 0 Å². The lowest BCUT2D eigenvalue weighted by molar-refractivity contribution is -0.137. The number of benzene rings is 2. The maximum Gasteiger partial charge on any atom is 0.416 e. The number of hydrogen-bond acceptors (Lipinski definition) is 0. The lowest BCUT2D eigenvalue weighted by atomic mass is 9.93. The van der Waals surface area contributed by atoms with Crippen molar-refractivity contribution in [2.24, 2.45) is 0 Å². The molecule has 0 aliphatic heterocycles. The van der Waals surface area contributed by atoms with Gasteiger partial charge in [-0.25, -0.2) is 0 Å². The van der Waals surface area contributed by atoms with Crippen LogP contribution in [0.4, 0.5) is 13.2 Å². The zero-order valence-electron chi connectivity index (χ0n) is 11.0. The van der Waals surface area contributed by atoms with E-state index in [4.69, 9.17) is 0 Å².